The van der Waals surface area contributed by atoms with Crippen LogP contribution in [-0.4, -0.2) is 47.0 Å². The van der Waals surface area contributed by atoms with Gasteiger partial charge in [-0.25, -0.2) is 9.97 Å². The molecule has 0 atom stereocenters. The van der Waals surface area contributed by atoms with Gasteiger partial charge in [-0.15, -0.1) is 0 Å². The van der Waals surface area contributed by atoms with Crippen molar-refractivity contribution in [1.29, 1.82) is 0 Å². The Hall–Kier alpha value is -1.65. The quantitative estimate of drug-likeness (QED) is 0.855. The fourth-order valence-electron chi connectivity index (χ4n) is 2.75. The van der Waals surface area contributed by atoms with Gasteiger partial charge in [-0.3, -0.25) is 4.79 Å². The van der Waals surface area contributed by atoms with Crippen molar-refractivity contribution in [2.75, 3.05) is 31.1 Å². The molecule has 5 nitrogen and oxygen atoms in total. The molecule has 0 bridgehead atoms. The summed E-state index contributed by atoms with van der Waals surface area (Å²) in [5.41, 5.74) is 1.39. The summed E-state index contributed by atoms with van der Waals surface area (Å²) < 4.78 is 0. The molecule has 2 rings (SSSR count). The lowest BCUT2D eigenvalue weighted by atomic mass is 10.2. The predicted octanol–water partition coefficient (Wildman–Crippen LogP) is 2.65. The van der Waals surface area contributed by atoms with E-state index >= 15 is 0 Å². The number of hydrogen-bond donors (Lipinski definition) is 0. The molecule has 1 aliphatic heterocycles. The Kier molecular flexibility index (Phi) is 5.53. The van der Waals surface area contributed by atoms with Gasteiger partial charge in [0.1, 0.15) is 5.69 Å². The smallest absolute Gasteiger partial charge is 0.272 e. The second-order valence-corrected chi connectivity index (χ2v) is 5.57. The Morgan fingerprint density at radius 1 is 1.14 bits per heavy atom. The molecule has 2 heterocycles. The average molecular weight is 290 g/mol. The van der Waals surface area contributed by atoms with Gasteiger partial charge in [-0.05, 0) is 39.7 Å². The molecular formula is C16H26N4O. The second-order valence-electron chi connectivity index (χ2n) is 5.57. The van der Waals surface area contributed by atoms with E-state index in [2.05, 4.69) is 28.7 Å². The highest BCUT2D eigenvalue weighted by molar-refractivity contribution is 5.92. The number of carbonyl (C=O) groups is 1. The van der Waals surface area contributed by atoms with Crippen LogP contribution in [0.1, 0.15) is 55.7 Å². The van der Waals surface area contributed by atoms with E-state index in [4.69, 9.17) is 0 Å². The van der Waals surface area contributed by atoms with Crippen LogP contribution in [0.25, 0.3) is 0 Å². The molecule has 1 fully saturated rings. The first-order valence-corrected chi connectivity index (χ1v) is 8.05. The first-order chi connectivity index (χ1) is 10.2. The van der Waals surface area contributed by atoms with Crippen molar-refractivity contribution in [2.24, 2.45) is 0 Å². The highest BCUT2D eigenvalue weighted by Gasteiger charge is 2.20. The number of nitrogens with zero attached hydrogens (tertiary/aromatic N) is 4. The molecule has 0 spiro atoms. The highest BCUT2D eigenvalue weighted by atomic mass is 16.2. The lowest BCUT2D eigenvalue weighted by Gasteiger charge is -2.22. The largest absolute Gasteiger partial charge is 0.341 e. The van der Waals surface area contributed by atoms with E-state index in [1.807, 2.05) is 11.8 Å². The van der Waals surface area contributed by atoms with Crippen LogP contribution in [-0.2, 0) is 0 Å². The minimum atomic E-state index is 0.0517. The standard InChI is InChI=1S/C16H26N4O/c1-4-19(5-2)16-17-13(3)12-14(18-16)15(21)20-10-8-6-7-9-11-20/h12H,4-11H2,1-3H3. The Bertz CT molecular complexity index is 477. The first-order valence-electron chi connectivity index (χ1n) is 8.05. The fraction of sp³-hybridized carbons (Fsp3) is 0.688. The number of rotatable bonds is 4. The van der Waals surface area contributed by atoms with Gasteiger partial charge >= 0.3 is 0 Å². The van der Waals surface area contributed by atoms with Gasteiger partial charge in [0, 0.05) is 31.9 Å². The van der Waals surface area contributed by atoms with Gasteiger partial charge in [0.2, 0.25) is 5.95 Å². The molecule has 0 N–H and O–H groups in total. The van der Waals surface area contributed by atoms with Crippen LogP contribution in [0.2, 0.25) is 0 Å². The van der Waals surface area contributed by atoms with Crippen LogP contribution in [0.4, 0.5) is 5.95 Å². The normalized spacial score (nSPS) is 15.7. The summed E-state index contributed by atoms with van der Waals surface area (Å²) in [6, 6.07) is 1.81. The maximum Gasteiger partial charge on any atom is 0.272 e. The number of aryl methyl sites for hydroxylation is 1. The minimum Gasteiger partial charge on any atom is -0.341 e. The zero-order valence-electron chi connectivity index (χ0n) is 13.4. The number of likely N-dealkylation sites (tertiary alicyclic amines) is 1. The summed E-state index contributed by atoms with van der Waals surface area (Å²) in [7, 11) is 0. The van der Waals surface area contributed by atoms with Crippen molar-refractivity contribution in [3.8, 4) is 0 Å². The zero-order valence-corrected chi connectivity index (χ0v) is 13.4. The Labute approximate surface area is 127 Å². The SMILES string of the molecule is CCN(CC)c1nc(C)cc(C(=O)N2CCCCCC2)n1. The third-order valence-electron chi connectivity index (χ3n) is 4.00. The monoisotopic (exact) mass is 290 g/mol. The summed E-state index contributed by atoms with van der Waals surface area (Å²) in [6.07, 6.45) is 4.63. The maximum absolute atomic E-state index is 12.7. The van der Waals surface area contributed by atoms with Gasteiger partial charge < -0.3 is 9.80 Å². The molecule has 0 radical (unpaired) electrons. The molecule has 21 heavy (non-hydrogen) atoms. The lowest BCUT2D eigenvalue weighted by Crippen LogP contribution is -2.33. The van der Waals surface area contributed by atoms with Gasteiger partial charge in [-0.2, -0.15) is 0 Å². The second kappa shape index (κ2) is 7.38. The van der Waals surface area contributed by atoms with Gasteiger partial charge in [-0.1, -0.05) is 12.8 Å². The van der Waals surface area contributed by atoms with Crippen molar-refractivity contribution < 1.29 is 4.79 Å². The van der Waals surface area contributed by atoms with E-state index in [1.54, 1.807) is 6.07 Å². The van der Waals surface area contributed by atoms with E-state index in [1.165, 1.54) is 12.8 Å². The van der Waals surface area contributed by atoms with Crippen LogP contribution in [0, 0.1) is 6.92 Å². The van der Waals surface area contributed by atoms with E-state index in [-0.39, 0.29) is 5.91 Å². The van der Waals surface area contributed by atoms with Crippen LogP contribution >= 0.6 is 0 Å². The number of amides is 1. The third-order valence-corrected chi connectivity index (χ3v) is 4.00. The number of hydrogen-bond acceptors (Lipinski definition) is 4. The molecule has 1 aliphatic rings. The molecule has 5 heteroatoms. The molecule has 0 aliphatic carbocycles. The molecule has 116 valence electrons. The van der Waals surface area contributed by atoms with Crippen molar-refractivity contribution in [3.63, 3.8) is 0 Å². The van der Waals surface area contributed by atoms with E-state index in [0.717, 1.165) is 44.7 Å². The first kappa shape index (κ1) is 15.7. The van der Waals surface area contributed by atoms with Crippen LogP contribution in [0.5, 0.6) is 0 Å². The van der Waals surface area contributed by atoms with Crippen LogP contribution < -0.4 is 4.90 Å². The Morgan fingerprint density at radius 3 is 2.33 bits per heavy atom. The minimum absolute atomic E-state index is 0.0517. The van der Waals surface area contributed by atoms with Gasteiger partial charge in [0.05, 0.1) is 0 Å². The molecule has 0 saturated carbocycles. The zero-order chi connectivity index (χ0) is 15.2. The van der Waals surface area contributed by atoms with E-state index < -0.39 is 0 Å². The maximum atomic E-state index is 12.7. The van der Waals surface area contributed by atoms with E-state index in [9.17, 15) is 4.79 Å². The summed E-state index contributed by atoms with van der Waals surface area (Å²) in [5.74, 6) is 0.717. The molecule has 1 saturated heterocycles. The molecule has 1 aromatic rings. The molecule has 0 aromatic carbocycles. The molecular weight excluding hydrogens is 264 g/mol. The summed E-state index contributed by atoms with van der Waals surface area (Å²) >= 11 is 0. The predicted molar refractivity (Wildman–Crippen MR) is 84.7 cm³/mol. The summed E-state index contributed by atoms with van der Waals surface area (Å²) in [5, 5.41) is 0. The summed E-state index contributed by atoms with van der Waals surface area (Å²) in [4.78, 5) is 25.7. The third kappa shape index (κ3) is 3.93. The number of anilines is 1. The van der Waals surface area contributed by atoms with Crippen LogP contribution in [0.15, 0.2) is 6.07 Å². The van der Waals surface area contributed by atoms with Gasteiger partial charge in [0.25, 0.3) is 5.91 Å². The fourth-order valence-corrected chi connectivity index (χ4v) is 2.75. The summed E-state index contributed by atoms with van der Waals surface area (Å²) in [6.45, 7) is 9.46. The van der Waals surface area contributed by atoms with Crippen molar-refractivity contribution >= 4 is 11.9 Å². The molecule has 1 aromatic heterocycles. The number of carbonyl (C=O) groups excluding carboxylic acids is 1. The Balaban J connectivity index is 2.23. The van der Waals surface area contributed by atoms with Crippen molar-refractivity contribution in [3.05, 3.63) is 17.5 Å². The van der Waals surface area contributed by atoms with Crippen molar-refractivity contribution in [1.82, 2.24) is 14.9 Å². The molecule has 1 amide bonds. The van der Waals surface area contributed by atoms with Gasteiger partial charge in [0.15, 0.2) is 0 Å². The molecule has 0 unspecified atom stereocenters. The van der Waals surface area contributed by atoms with Crippen LogP contribution in [0.3, 0.4) is 0 Å². The van der Waals surface area contributed by atoms with E-state index in [0.29, 0.717) is 11.6 Å². The Morgan fingerprint density at radius 2 is 1.76 bits per heavy atom. The number of aromatic nitrogens is 2. The van der Waals surface area contributed by atoms with Crippen molar-refractivity contribution in [2.45, 2.75) is 46.5 Å². The highest BCUT2D eigenvalue weighted by Crippen LogP contribution is 2.15. The average Bonchev–Trinajstić information content (AvgIpc) is 2.76. The lowest BCUT2D eigenvalue weighted by molar-refractivity contribution is 0.0755. The topological polar surface area (TPSA) is 49.3 Å².